The Morgan fingerprint density at radius 1 is 1.28 bits per heavy atom. The van der Waals surface area contributed by atoms with E-state index in [9.17, 15) is 9.59 Å². The second-order valence-electron chi connectivity index (χ2n) is 5.32. The quantitative estimate of drug-likeness (QED) is 0.761. The molecule has 0 N–H and O–H groups in total. The van der Waals surface area contributed by atoms with E-state index in [4.69, 9.17) is 14.2 Å². The van der Waals surface area contributed by atoms with Crippen molar-refractivity contribution in [1.82, 2.24) is 4.98 Å². The molecule has 7 nitrogen and oxygen atoms in total. The molecule has 0 unspecified atom stereocenters. The summed E-state index contributed by atoms with van der Waals surface area (Å²) in [5, 5.41) is 2.37. The second-order valence-corrected chi connectivity index (χ2v) is 6.16. The summed E-state index contributed by atoms with van der Waals surface area (Å²) in [5.74, 6) is 0.620. The van der Waals surface area contributed by atoms with Crippen LogP contribution in [0.1, 0.15) is 29.9 Å². The number of nitrogens with zero attached hydrogens (tertiary/aromatic N) is 2. The molecule has 2 aromatic rings. The van der Waals surface area contributed by atoms with Crippen molar-refractivity contribution in [2.45, 2.75) is 20.5 Å². The van der Waals surface area contributed by atoms with Crippen LogP contribution < -0.4 is 14.4 Å². The van der Waals surface area contributed by atoms with Gasteiger partial charge in [0.05, 0.1) is 11.3 Å². The average molecular weight is 362 g/mol. The van der Waals surface area contributed by atoms with Crippen molar-refractivity contribution >= 4 is 28.3 Å². The molecule has 0 saturated carbocycles. The number of carbonyl (C=O) groups excluding carboxylic acids is 2. The summed E-state index contributed by atoms with van der Waals surface area (Å²) in [5.41, 5.74) is 0.990. The summed E-state index contributed by atoms with van der Waals surface area (Å²) in [7, 11) is 0. The van der Waals surface area contributed by atoms with Crippen LogP contribution >= 0.6 is 11.3 Å². The van der Waals surface area contributed by atoms with Gasteiger partial charge in [0, 0.05) is 18.8 Å². The molecular formula is C17H18N2O5S. The van der Waals surface area contributed by atoms with Crippen LogP contribution in [0.3, 0.4) is 0 Å². The molecule has 1 aromatic carbocycles. The third-order valence-corrected chi connectivity index (χ3v) is 4.51. The van der Waals surface area contributed by atoms with Crippen LogP contribution in [0.15, 0.2) is 23.6 Å². The first-order chi connectivity index (χ1) is 12.1. The molecule has 132 valence electrons. The minimum atomic E-state index is -0.467. The molecule has 3 rings (SSSR count). The predicted molar refractivity (Wildman–Crippen MR) is 92.4 cm³/mol. The van der Waals surface area contributed by atoms with Gasteiger partial charge in [-0.25, -0.2) is 9.78 Å². The number of anilines is 1. The zero-order valence-electron chi connectivity index (χ0n) is 14.0. The van der Waals surface area contributed by atoms with Gasteiger partial charge in [0.1, 0.15) is 19.8 Å². The van der Waals surface area contributed by atoms with Gasteiger partial charge in [0.25, 0.3) is 0 Å². The topological polar surface area (TPSA) is 78.0 Å². The van der Waals surface area contributed by atoms with Gasteiger partial charge in [-0.2, -0.15) is 0 Å². The molecule has 25 heavy (non-hydrogen) atoms. The lowest BCUT2D eigenvalue weighted by Gasteiger charge is -2.18. The Hall–Kier alpha value is -2.61. The van der Waals surface area contributed by atoms with Crippen molar-refractivity contribution in [3.05, 3.63) is 34.8 Å². The Morgan fingerprint density at radius 3 is 2.76 bits per heavy atom. The lowest BCUT2D eigenvalue weighted by Crippen LogP contribution is -2.27. The molecule has 0 atom stereocenters. The molecule has 0 fully saturated rings. The van der Waals surface area contributed by atoms with Gasteiger partial charge in [-0.05, 0) is 25.1 Å². The summed E-state index contributed by atoms with van der Waals surface area (Å²) >= 11 is 1.34. The maximum Gasteiger partial charge on any atom is 0.338 e. The third kappa shape index (κ3) is 3.90. The van der Waals surface area contributed by atoms with Gasteiger partial charge in [-0.1, -0.05) is 0 Å². The maximum atomic E-state index is 12.2. The molecule has 1 aliphatic rings. The zero-order chi connectivity index (χ0) is 17.8. The van der Waals surface area contributed by atoms with E-state index in [0.29, 0.717) is 47.6 Å². The van der Waals surface area contributed by atoms with Crippen molar-refractivity contribution < 1.29 is 23.8 Å². The number of amides is 1. The number of rotatable bonds is 5. The summed E-state index contributed by atoms with van der Waals surface area (Å²) in [4.78, 5) is 29.6. The monoisotopic (exact) mass is 362 g/mol. The standard InChI is InChI=1S/C17H18N2O5S/c1-3-19(11(2)20)17-18-13(10-25-17)9-24-16(21)12-4-5-14-15(8-12)23-7-6-22-14/h4-5,8,10H,3,6-7,9H2,1-2H3. The Morgan fingerprint density at radius 2 is 2.04 bits per heavy atom. The van der Waals surface area contributed by atoms with Crippen molar-refractivity contribution in [2.24, 2.45) is 0 Å². The molecule has 0 aliphatic carbocycles. The predicted octanol–water partition coefficient (Wildman–Crippen LogP) is 2.64. The lowest BCUT2D eigenvalue weighted by atomic mass is 10.2. The van der Waals surface area contributed by atoms with E-state index >= 15 is 0 Å². The molecule has 0 saturated heterocycles. The highest BCUT2D eigenvalue weighted by Gasteiger charge is 2.17. The summed E-state index contributed by atoms with van der Waals surface area (Å²) in [6.45, 7) is 4.91. The van der Waals surface area contributed by atoms with Crippen LogP contribution in [-0.2, 0) is 16.1 Å². The van der Waals surface area contributed by atoms with Gasteiger partial charge in [-0.15, -0.1) is 11.3 Å². The molecule has 0 radical (unpaired) electrons. The Bertz CT molecular complexity index is 789. The highest BCUT2D eigenvalue weighted by atomic mass is 32.1. The summed E-state index contributed by atoms with van der Waals surface area (Å²) in [6, 6.07) is 4.94. The number of benzene rings is 1. The fourth-order valence-corrected chi connectivity index (χ4v) is 3.29. The van der Waals surface area contributed by atoms with Crippen LogP contribution in [0.2, 0.25) is 0 Å². The van der Waals surface area contributed by atoms with Gasteiger partial charge < -0.3 is 14.2 Å². The third-order valence-electron chi connectivity index (χ3n) is 3.60. The first-order valence-electron chi connectivity index (χ1n) is 7.87. The molecular weight excluding hydrogens is 344 g/mol. The number of fused-ring (bicyclic) bond motifs is 1. The van der Waals surface area contributed by atoms with Crippen LogP contribution in [0.5, 0.6) is 11.5 Å². The number of hydrogen-bond donors (Lipinski definition) is 0. The van der Waals surface area contributed by atoms with Crippen molar-refractivity contribution in [1.29, 1.82) is 0 Å². The van der Waals surface area contributed by atoms with Gasteiger partial charge in [0.2, 0.25) is 5.91 Å². The van der Waals surface area contributed by atoms with Gasteiger partial charge >= 0.3 is 5.97 Å². The number of carbonyl (C=O) groups is 2. The Kier molecular flexibility index (Phi) is 5.18. The van der Waals surface area contributed by atoms with Crippen LogP contribution in [0.25, 0.3) is 0 Å². The highest BCUT2D eigenvalue weighted by Crippen LogP contribution is 2.31. The van der Waals surface area contributed by atoms with Gasteiger partial charge in [0.15, 0.2) is 16.6 Å². The minimum Gasteiger partial charge on any atom is -0.486 e. The number of ether oxygens (including phenoxy) is 3. The maximum absolute atomic E-state index is 12.2. The van der Waals surface area contributed by atoms with E-state index in [1.807, 2.05) is 6.92 Å². The Balaban J connectivity index is 1.63. The number of esters is 1. The highest BCUT2D eigenvalue weighted by molar-refractivity contribution is 7.14. The van der Waals surface area contributed by atoms with Crippen molar-refractivity contribution in [2.75, 3.05) is 24.7 Å². The minimum absolute atomic E-state index is 0.0409. The van der Waals surface area contributed by atoms with Crippen LogP contribution in [-0.4, -0.2) is 36.6 Å². The molecule has 1 aromatic heterocycles. The number of aromatic nitrogens is 1. The molecule has 2 heterocycles. The van der Waals surface area contributed by atoms with E-state index in [0.717, 1.165) is 0 Å². The van der Waals surface area contributed by atoms with Crippen molar-refractivity contribution in [3.63, 3.8) is 0 Å². The average Bonchev–Trinajstić information content (AvgIpc) is 3.08. The fraction of sp³-hybridized carbons (Fsp3) is 0.353. The summed E-state index contributed by atoms with van der Waals surface area (Å²) < 4.78 is 16.2. The van der Waals surface area contributed by atoms with E-state index in [2.05, 4.69) is 4.98 Å². The second kappa shape index (κ2) is 7.52. The SMILES string of the molecule is CCN(C(C)=O)c1nc(COC(=O)c2ccc3c(c2)OCCO3)cs1. The van der Waals surface area contributed by atoms with E-state index in [-0.39, 0.29) is 12.5 Å². The number of hydrogen-bond acceptors (Lipinski definition) is 7. The molecule has 1 amide bonds. The van der Waals surface area contributed by atoms with Crippen molar-refractivity contribution in [3.8, 4) is 11.5 Å². The number of thiazole rings is 1. The normalized spacial score (nSPS) is 12.6. The first-order valence-corrected chi connectivity index (χ1v) is 8.75. The fourth-order valence-electron chi connectivity index (χ4n) is 2.37. The molecule has 0 spiro atoms. The lowest BCUT2D eigenvalue weighted by molar-refractivity contribution is -0.116. The molecule has 8 heteroatoms. The van der Waals surface area contributed by atoms with E-state index in [1.54, 1.807) is 28.5 Å². The zero-order valence-corrected chi connectivity index (χ0v) is 14.8. The molecule has 1 aliphatic heterocycles. The summed E-state index contributed by atoms with van der Waals surface area (Å²) in [6.07, 6.45) is 0. The van der Waals surface area contributed by atoms with E-state index < -0.39 is 5.97 Å². The van der Waals surface area contributed by atoms with Gasteiger partial charge in [-0.3, -0.25) is 9.69 Å². The van der Waals surface area contributed by atoms with Crippen LogP contribution in [0.4, 0.5) is 5.13 Å². The first kappa shape index (κ1) is 17.2. The van der Waals surface area contributed by atoms with Crippen LogP contribution in [0, 0.1) is 0 Å². The molecule has 0 bridgehead atoms. The van der Waals surface area contributed by atoms with E-state index in [1.165, 1.54) is 18.3 Å². The largest absolute Gasteiger partial charge is 0.486 e. The smallest absolute Gasteiger partial charge is 0.338 e. The Labute approximate surface area is 149 Å².